The molecule has 7 heteroatoms. The molecule has 0 bridgehead atoms. The quantitative estimate of drug-likeness (QED) is 0.564. The van der Waals surface area contributed by atoms with Crippen LogP contribution >= 0.6 is 0 Å². The fourth-order valence-electron chi connectivity index (χ4n) is 1.42. The van der Waals surface area contributed by atoms with Crippen LogP contribution in [-0.2, 0) is 7.05 Å². The molecule has 1 aromatic rings. The largest absolute Gasteiger partial charge is 0.396 e. The zero-order valence-corrected chi connectivity index (χ0v) is 9.13. The lowest BCUT2D eigenvalue weighted by Gasteiger charge is -2.20. The summed E-state index contributed by atoms with van der Waals surface area (Å²) in [6, 6.07) is 0. The lowest BCUT2D eigenvalue weighted by molar-refractivity contribution is 0.0675. The Bertz CT molecular complexity index is 338. The second-order valence-electron chi connectivity index (χ2n) is 3.31. The molecular weight excluding hydrogens is 212 g/mol. The van der Waals surface area contributed by atoms with Crippen molar-refractivity contribution in [2.24, 2.45) is 7.05 Å². The first-order chi connectivity index (χ1) is 7.61. The standard InChI is InChI=1S/C9H16N4O3/c1-12-8(7(10)6-11-12)9(16)13(2-4-14)3-5-15/h6,14-15H,2-5,10H2,1H3. The molecule has 16 heavy (non-hydrogen) atoms. The first-order valence-electron chi connectivity index (χ1n) is 4.90. The summed E-state index contributed by atoms with van der Waals surface area (Å²) in [4.78, 5) is 13.3. The number of aliphatic hydroxyl groups is 2. The Morgan fingerprint density at radius 1 is 1.50 bits per heavy atom. The van der Waals surface area contributed by atoms with E-state index in [1.165, 1.54) is 15.8 Å². The third-order valence-corrected chi connectivity index (χ3v) is 2.20. The van der Waals surface area contributed by atoms with Crippen LogP contribution in [0.4, 0.5) is 5.69 Å². The molecule has 0 unspecified atom stereocenters. The number of amides is 1. The molecule has 90 valence electrons. The van der Waals surface area contributed by atoms with Crippen LogP contribution in [0.3, 0.4) is 0 Å². The van der Waals surface area contributed by atoms with E-state index in [2.05, 4.69) is 5.10 Å². The van der Waals surface area contributed by atoms with Gasteiger partial charge in [-0.2, -0.15) is 5.10 Å². The van der Waals surface area contributed by atoms with Crippen molar-refractivity contribution in [3.63, 3.8) is 0 Å². The second kappa shape index (κ2) is 5.47. The maximum atomic E-state index is 12.0. The molecule has 7 nitrogen and oxygen atoms in total. The van der Waals surface area contributed by atoms with Crippen LogP contribution in [0.1, 0.15) is 10.5 Å². The molecule has 0 fully saturated rings. The van der Waals surface area contributed by atoms with Crippen LogP contribution in [-0.4, -0.2) is 57.1 Å². The van der Waals surface area contributed by atoms with Crippen molar-refractivity contribution in [1.82, 2.24) is 14.7 Å². The molecule has 0 saturated carbocycles. The normalized spacial score (nSPS) is 10.4. The van der Waals surface area contributed by atoms with E-state index in [4.69, 9.17) is 15.9 Å². The molecule has 0 spiro atoms. The van der Waals surface area contributed by atoms with Crippen molar-refractivity contribution in [1.29, 1.82) is 0 Å². The van der Waals surface area contributed by atoms with Gasteiger partial charge in [-0.1, -0.05) is 0 Å². The minimum Gasteiger partial charge on any atom is -0.396 e. The van der Waals surface area contributed by atoms with E-state index in [0.29, 0.717) is 0 Å². The number of nitrogen functional groups attached to an aromatic ring is 1. The van der Waals surface area contributed by atoms with Gasteiger partial charge in [0.1, 0.15) is 5.69 Å². The molecule has 0 aliphatic carbocycles. The van der Waals surface area contributed by atoms with E-state index in [0.717, 1.165) is 0 Å². The van der Waals surface area contributed by atoms with Crippen LogP contribution in [0.2, 0.25) is 0 Å². The fourth-order valence-corrected chi connectivity index (χ4v) is 1.42. The number of nitrogens with two attached hydrogens (primary N) is 1. The van der Waals surface area contributed by atoms with Crippen molar-refractivity contribution < 1.29 is 15.0 Å². The minimum atomic E-state index is -0.347. The van der Waals surface area contributed by atoms with Crippen molar-refractivity contribution >= 4 is 11.6 Å². The SMILES string of the molecule is Cn1ncc(N)c1C(=O)N(CCO)CCO. The van der Waals surface area contributed by atoms with E-state index in [1.54, 1.807) is 7.05 Å². The van der Waals surface area contributed by atoms with Gasteiger partial charge in [-0.15, -0.1) is 0 Å². The Kier molecular flexibility index (Phi) is 4.27. The summed E-state index contributed by atoms with van der Waals surface area (Å²) in [5.41, 5.74) is 6.17. The monoisotopic (exact) mass is 228 g/mol. The third-order valence-electron chi connectivity index (χ3n) is 2.20. The Morgan fingerprint density at radius 2 is 2.06 bits per heavy atom. The molecule has 1 heterocycles. The van der Waals surface area contributed by atoms with E-state index in [1.807, 2.05) is 0 Å². The predicted octanol–water partition coefficient (Wildman–Crippen LogP) is -1.57. The van der Waals surface area contributed by atoms with Gasteiger partial charge in [-0.3, -0.25) is 9.48 Å². The van der Waals surface area contributed by atoms with Gasteiger partial charge in [0.2, 0.25) is 0 Å². The molecule has 0 aliphatic rings. The van der Waals surface area contributed by atoms with Crippen LogP contribution in [0.5, 0.6) is 0 Å². The zero-order chi connectivity index (χ0) is 12.1. The number of aryl methyl sites for hydroxylation is 1. The second-order valence-corrected chi connectivity index (χ2v) is 3.31. The smallest absolute Gasteiger partial charge is 0.274 e. The molecular formula is C9H16N4O3. The van der Waals surface area contributed by atoms with Gasteiger partial charge in [0.25, 0.3) is 5.91 Å². The molecule has 0 radical (unpaired) electrons. The fraction of sp³-hybridized carbons (Fsp3) is 0.556. The maximum Gasteiger partial charge on any atom is 0.274 e. The topological polar surface area (TPSA) is 105 Å². The van der Waals surface area contributed by atoms with Crippen LogP contribution < -0.4 is 5.73 Å². The van der Waals surface area contributed by atoms with Gasteiger partial charge in [0.05, 0.1) is 25.1 Å². The summed E-state index contributed by atoms with van der Waals surface area (Å²) in [6.45, 7) is -0.0129. The number of rotatable bonds is 5. The molecule has 1 amide bonds. The lowest BCUT2D eigenvalue weighted by atomic mass is 10.3. The average molecular weight is 228 g/mol. The van der Waals surface area contributed by atoms with E-state index >= 15 is 0 Å². The number of aliphatic hydroxyl groups excluding tert-OH is 2. The summed E-state index contributed by atoms with van der Waals surface area (Å²) in [6.07, 6.45) is 1.39. The predicted molar refractivity (Wildman–Crippen MR) is 57.7 cm³/mol. The third kappa shape index (κ3) is 2.50. The summed E-state index contributed by atoms with van der Waals surface area (Å²) in [5.74, 6) is -0.347. The maximum absolute atomic E-state index is 12.0. The summed E-state index contributed by atoms with van der Waals surface area (Å²) >= 11 is 0. The van der Waals surface area contributed by atoms with Gasteiger partial charge in [0, 0.05) is 20.1 Å². The number of hydrogen-bond acceptors (Lipinski definition) is 5. The molecule has 0 saturated heterocycles. The highest BCUT2D eigenvalue weighted by atomic mass is 16.3. The Balaban J connectivity index is 2.89. The molecule has 1 rings (SSSR count). The zero-order valence-electron chi connectivity index (χ0n) is 9.13. The number of carbonyl (C=O) groups is 1. The number of carbonyl (C=O) groups excluding carboxylic acids is 1. The number of aromatic nitrogens is 2. The molecule has 0 aromatic carbocycles. The van der Waals surface area contributed by atoms with E-state index < -0.39 is 0 Å². The summed E-state index contributed by atoms with van der Waals surface area (Å²) < 4.78 is 1.37. The summed E-state index contributed by atoms with van der Waals surface area (Å²) in [7, 11) is 1.61. The number of nitrogens with zero attached hydrogens (tertiary/aromatic N) is 3. The van der Waals surface area contributed by atoms with E-state index in [9.17, 15) is 4.79 Å². The first kappa shape index (κ1) is 12.5. The Morgan fingerprint density at radius 3 is 2.44 bits per heavy atom. The highest BCUT2D eigenvalue weighted by Gasteiger charge is 2.20. The van der Waals surface area contributed by atoms with Crippen LogP contribution in [0.25, 0.3) is 0 Å². The van der Waals surface area contributed by atoms with Crippen LogP contribution in [0.15, 0.2) is 6.20 Å². The molecule has 4 N–H and O–H groups in total. The van der Waals surface area contributed by atoms with Gasteiger partial charge in [0.15, 0.2) is 0 Å². The van der Waals surface area contributed by atoms with Crippen molar-refractivity contribution in [2.45, 2.75) is 0 Å². The van der Waals surface area contributed by atoms with E-state index in [-0.39, 0.29) is 43.6 Å². The first-order valence-corrected chi connectivity index (χ1v) is 4.90. The minimum absolute atomic E-state index is 0.157. The molecule has 1 aromatic heterocycles. The van der Waals surface area contributed by atoms with Gasteiger partial charge < -0.3 is 20.8 Å². The highest BCUT2D eigenvalue weighted by Crippen LogP contribution is 2.12. The average Bonchev–Trinajstić information content (AvgIpc) is 2.57. The Hall–Kier alpha value is -1.60. The Labute approximate surface area is 93.1 Å². The number of anilines is 1. The van der Waals surface area contributed by atoms with Crippen molar-refractivity contribution in [3.05, 3.63) is 11.9 Å². The van der Waals surface area contributed by atoms with Gasteiger partial charge in [-0.05, 0) is 0 Å². The van der Waals surface area contributed by atoms with Crippen molar-refractivity contribution in [2.75, 3.05) is 32.0 Å². The number of hydrogen-bond donors (Lipinski definition) is 3. The van der Waals surface area contributed by atoms with Crippen LogP contribution in [0, 0.1) is 0 Å². The molecule has 0 atom stereocenters. The van der Waals surface area contributed by atoms with Crippen molar-refractivity contribution in [3.8, 4) is 0 Å². The molecule has 0 aliphatic heterocycles. The van der Waals surface area contributed by atoms with Gasteiger partial charge in [-0.25, -0.2) is 0 Å². The highest BCUT2D eigenvalue weighted by molar-refractivity contribution is 5.97. The van der Waals surface area contributed by atoms with Gasteiger partial charge >= 0.3 is 0 Å². The summed E-state index contributed by atoms with van der Waals surface area (Å²) in [5, 5.41) is 21.5. The lowest BCUT2D eigenvalue weighted by Crippen LogP contribution is -2.37.